The van der Waals surface area contributed by atoms with Crippen molar-refractivity contribution in [3.8, 4) is 11.1 Å². The molecule has 124 valence electrons. The molecule has 0 aliphatic rings. The minimum absolute atomic E-state index is 0.306. The number of nitrogens with zero attached hydrogens (tertiary/aromatic N) is 1. The van der Waals surface area contributed by atoms with Gasteiger partial charge in [-0.05, 0) is 44.9 Å². The Labute approximate surface area is 136 Å². The highest BCUT2D eigenvalue weighted by Crippen LogP contribution is 2.32. The summed E-state index contributed by atoms with van der Waals surface area (Å²) in [6.07, 6.45) is 0.852. The van der Waals surface area contributed by atoms with Gasteiger partial charge in [0.2, 0.25) is 0 Å². The van der Waals surface area contributed by atoms with Gasteiger partial charge in [-0.2, -0.15) is 0 Å². The molecule has 1 aromatic heterocycles. The standard InChI is InChI=1S/C18H23FN2O2/c1-4-23-11-5-10-21-12(2)16(17(13(21)3)18(20)22)14-6-8-15(19)9-7-14/h6-9H,4-5,10-11H2,1-3H3,(H2,20,22). The highest BCUT2D eigenvalue weighted by molar-refractivity contribution is 6.02. The Hall–Kier alpha value is -2.14. The summed E-state index contributed by atoms with van der Waals surface area (Å²) in [5.41, 5.74) is 9.47. The molecule has 5 heteroatoms. The molecule has 1 amide bonds. The third-order valence-corrected chi connectivity index (χ3v) is 4.04. The van der Waals surface area contributed by atoms with E-state index in [2.05, 4.69) is 4.57 Å². The van der Waals surface area contributed by atoms with E-state index in [0.29, 0.717) is 18.8 Å². The van der Waals surface area contributed by atoms with Gasteiger partial charge in [0.05, 0.1) is 5.56 Å². The summed E-state index contributed by atoms with van der Waals surface area (Å²) in [5, 5.41) is 0. The SMILES string of the molecule is CCOCCCn1c(C)c(C(N)=O)c(-c2ccc(F)cc2)c1C. The van der Waals surface area contributed by atoms with E-state index in [9.17, 15) is 9.18 Å². The van der Waals surface area contributed by atoms with E-state index in [4.69, 9.17) is 10.5 Å². The number of benzene rings is 1. The van der Waals surface area contributed by atoms with Gasteiger partial charge in [0, 0.05) is 36.7 Å². The average molecular weight is 318 g/mol. The van der Waals surface area contributed by atoms with Gasteiger partial charge in [-0.15, -0.1) is 0 Å². The van der Waals surface area contributed by atoms with Crippen LogP contribution in [0.25, 0.3) is 11.1 Å². The molecule has 0 aliphatic carbocycles. The van der Waals surface area contributed by atoms with E-state index < -0.39 is 5.91 Å². The molecule has 2 rings (SSSR count). The van der Waals surface area contributed by atoms with Crippen LogP contribution in [0.2, 0.25) is 0 Å². The molecule has 1 heterocycles. The lowest BCUT2D eigenvalue weighted by Gasteiger charge is -2.10. The normalized spacial score (nSPS) is 11.0. The van der Waals surface area contributed by atoms with Crippen molar-refractivity contribution in [2.45, 2.75) is 33.7 Å². The van der Waals surface area contributed by atoms with Crippen LogP contribution in [0.1, 0.15) is 35.1 Å². The largest absolute Gasteiger partial charge is 0.382 e. The summed E-state index contributed by atoms with van der Waals surface area (Å²) in [4.78, 5) is 11.9. The van der Waals surface area contributed by atoms with Gasteiger partial charge in [-0.3, -0.25) is 4.79 Å². The van der Waals surface area contributed by atoms with Gasteiger partial charge in [0.15, 0.2) is 0 Å². The lowest BCUT2D eigenvalue weighted by atomic mass is 10.00. The Morgan fingerprint density at radius 3 is 2.43 bits per heavy atom. The van der Waals surface area contributed by atoms with E-state index >= 15 is 0 Å². The molecule has 0 spiro atoms. The first-order valence-electron chi connectivity index (χ1n) is 7.80. The van der Waals surface area contributed by atoms with Gasteiger partial charge in [-0.1, -0.05) is 12.1 Å². The van der Waals surface area contributed by atoms with E-state index in [1.807, 2.05) is 20.8 Å². The number of hydrogen-bond donors (Lipinski definition) is 1. The number of rotatable bonds is 7. The number of halogens is 1. The number of amides is 1. The number of carbonyl (C=O) groups is 1. The van der Waals surface area contributed by atoms with E-state index in [1.54, 1.807) is 12.1 Å². The van der Waals surface area contributed by atoms with Crippen LogP contribution in [0.15, 0.2) is 24.3 Å². The molecule has 0 fully saturated rings. The van der Waals surface area contributed by atoms with Crippen LogP contribution < -0.4 is 5.73 Å². The Balaban J connectivity index is 2.44. The molecule has 23 heavy (non-hydrogen) atoms. The van der Waals surface area contributed by atoms with Gasteiger partial charge < -0.3 is 15.0 Å². The average Bonchev–Trinajstić information content (AvgIpc) is 2.76. The molecule has 0 unspecified atom stereocenters. The molecule has 0 aliphatic heterocycles. The first-order chi connectivity index (χ1) is 11.0. The van der Waals surface area contributed by atoms with Gasteiger partial charge in [-0.25, -0.2) is 4.39 Å². The van der Waals surface area contributed by atoms with Crippen LogP contribution in [0.4, 0.5) is 4.39 Å². The van der Waals surface area contributed by atoms with Crippen LogP contribution in [-0.4, -0.2) is 23.7 Å². The predicted molar refractivity (Wildman–Crippen MR) is 88.9 cm³/mol. The van der Waals surface area contributed by atoms with Crippen molar-refractivity contribution < 1.29 is 13.9 Å². The molecule has 0 saturated heterocycles. The molecule has 1 aromatic carbocycles. The van der Waals surface area contributed by atoms with Crippen LogP contribution in [0.5, 0.6) is 0 Å². The number of carbonyl (C=O) groups excluding carboxylic acids is 1. The van der Waals surface area contributed by atoms with Gasteiger partial charge >= 0.3 is 0 Å². The second kappa shape index (κ2) is 7.42. The van der Waals surface area contributed by atoms with Crippen molar-refractivity contribution in [3.05, 3.63) is 47.0 Å². The Kier molecular flexibility index (Phi) is 5.55. The van der Waals surface area contributed by atoms with Crippen molar-refractivity contribution in [1.82, 2.24) is 4.57 Å². The highest BCUT2D eigenvalue weighted by Gasteiger charge is 2.22. The number of primary amides is 1. The third kappa shape index (κ3) is 3.62. The topological polar surface area (TPSA) is 57.2 Å². The van der Waals surface area contributed by atoms with E-state index in [0.717, 1.165) is 35.5 Å². The van der Waals surface area contributed by atoms with E-state index in [1.165, 1.54) is 12.1 Å². The molecular formula is C18H23FN2O2. The van der Waals surface area contributed by atoms with Gasteiger partial charge in [0.1, 0.15) is 5.82 Å². The Bertz CT molecular complexity index is 690. The zero-order valence-corrected chi connectivity index (χ0v) is 13.9. The van der Waals surface area contributed by atoms with Crippen LogP contribution >= 0.6 is 0 Å². The first-order valence-corrected chi connectivity index (χ1v) is 7.80. The predicted octanol–water partition coefficient (Wildman–Crippen LogP) is 3.44. The van der Waals surface area contributed by atoms with Crippen molar-refractivity contribution in [1.29, 1.82) is 0 Å². The molecule has 0 bridgehead atoms. The fraction of sp³-hybridized carbons (Fsp3) is 0.389. The third-order valence-electron chi connectivity index (χ3n) is 4.04. The van der Waals surface area contributed by atoms with Crippen LogP contribution in [0.3, 0.4) is 0 Å². The van der Waals surface area contributed by atoms with Crippen LogP contribution in [0, 0.1) is 19.7 Å². The molecule has 2 N–H and O–H groups in total. The van der Waals surface area contributed by atoms with E-state index in [-0.39, 0.29) is 5.82 Å². The van der Waals surface area contributed by atoms with Crippen molar-refractivity contribution in [3.63, 3.8) is 0 Å². The maximum Gasteiger partial charge on any atom is 0.251 e. The molecule has 0 radical (unpaired) electrons. The second-order valence-electron chi connectivity index (χ2n) is 5.49. The minimum Gasteiger partial charge on any atom is -0.382 e. The van der Waals surface area contributed by atoms with Gasteiger partial charge in [0.25, 0.3) is 5.91 Å². The summed E-state index contributed by atoms with van der Waals surface area (Å²) in [7, 11) is 0. The highest BCUT2D eigenvalue weighted by atomic mass is 19.1. The zero-order valence-electron chi connectivity index (χ0n) is 13.9. The number of aromatic nitrogens is 1. The monoisotopic (exact) mass is 318 g/mol. The van der Waals surface area contributed by atoms with Crippen molar-refractivity contribution in [2.24, 2.45) is 5.73 Å². The van der Waals surface area contributed by atoms with Crippen molar-refractivity contribution in [2.75, 3.05) is 13.2 Å². The molecule has 0 saturated carbocycles. The number of hydrogen-bond acceptors (Lipinski definition) is 2. The lowest BCUT2D eigenvalue weighted by molar-refractivity contribution is 0.1000. The summed E-state index contributed by atoms with van der Waals surface area (Å²) in [5.74, 6) is -0.770. The second-order valence-corrected chi connectivity index (χ2v) is 5.49. The lowest BCUT2D eigenvalue weighted by Crippen LogP contribution is -2.13. The number of ether oxygens (including phenoxy) is 1. The summed E-state index contributed by atoms with van der Waals surface area (Å²) < 4.78 is 20.6. The summed E-state index contributed by atoms with van der Waals surface area (Å²) >= 11 is 0. The Morgan fingerprint density at radius 1 is 1.22 bits per heavy atom. The molecule has 2 aromatic rings. The van der Waals surface area contributed by atoms with Crippen LogP contribution in [-0.2, 0) is 11.3 Å². The fourth-order valence-electron chi connectivity index (χ4n) is 2.96. The minimum atomic E-state index is -0.464. The summed E-state index contributed by atoms with van der Waals surface area (Å²) in [6, 6.07) is 6.13. The Morgan fingerprint density at radius 2 is 1.87 bits per heavy atom. The van der Waals surface area contributed by atoms with Crippen molar-refractivity contribution >= 4 is 5.91 Å². The molecule has 4 nitrogen and oxygen atoms in total. The zero-order chi connectivity index (χ0) is 17.0. The molecule has 0 atom stereocenters. The summed E-state index contributed by atoms with van der Waals surface area (Å²) in [6.45, 7) is 7.92. The number of nitrogens with two attached hydrogens (primary N) is 1. The quantitative estimate of drug-likeness (QED) is 0.795. The first kappa shape index (κ1) is 17.2. The smallest absolute Gasteiger partial charge is 0.251 e. The maximum absolute atomic E-state index is 13.2. The fourth-order valence-corrected chi connectivity index (χ4v) is 2.96. The molecular weight excluding hydrogens is 295 g/mol. The maximum atomic E-state index is 13.2.